The second-order valence-electron chi connectivity index (χ2n) is 3.36. The molecule has 2 heterocycles. The van der Waals surface area contributed by atoms with Gasteiger partial charge in [0.25, 0.3) is 0 Å². The fourth-order valence-corrected chi connectivity index (χ4v) is 2.29. The summed E-state index contributed by atoms with van der Waals surface area (Å²) in [4.78, 5) is 6.80. The molecule has 0 spiro atoms. The fourth-order valence-electron chi connectivity index (χ4n) is 1.45. The van der Waals surface area contributed by atoms with Gasteiger partial charge in [-0.05, 0) is 31.2 Å². The van der Waals surface area contributed by atoms with Crippen LogP contribution in [0.1, 0.15) is 10.4 Å². The third-order valence-corrected chi connectivity index (χ3v) is 3.27. The Hall–Kier alpha value is -1.86. The van der Waals surface area contributed by atoms with Crippen LogP contribution >= 0.6 is 11.3 Å². The Morgan fingerprint density at radius 3 is 2.69 bits per heavy atom. The smallest absolute Gasteiger partial charge is 0.144 e. The summed E-state index contributed by atoms with van der Waals surface area (Å²) in [5, 5.41) is 11.8. The van der Waals surface area contributed by atoms with Crippen LogP contribution in [0, 0.1) is 18.3 Å². The van der Waals surface area contributed by atoms with Crippen molar-refractivity contribution in [2.45, 2.75) is 6.92 Å². The normalized spacial score (nSPS) is 9.81. The predicted octanol–water partition coefficient (Wildman–Crippen LogP) is 3.03. The van der Waals surface area contributed by atoms with E-state index in [1.165, 1.54) is 4.88 Å². The van der Waals surface area contributed by atoms with Gasteiger partial charge in [0.1, 0.15) is 11.9 Å². The molecule has 4 heteroatoms. The quantitative estimate of drug-likeness (QED) is 0.861. The molecule has 0 atom stereocenters. The molecule has 0 aliphatic rings. The minimum Gasteiger partial charge on any atom is -0.372 e. The van der Waals surface area contributed by atoms with Gasteiger partial charge < -0.3 is 5.32 Å². The lowest BCUT2D eigenvalue weighted by Crippen LogP contribution is -1.96. The van der Waals surface area contributed by atoms with Gasteiger partial charge in [-0.2, -0.15) is 5.26 Å². The Morgan fingerprint density at radius 1 is 1.31 bits per heavy atom. The van der Waals surface area contributed by atoms with Crippen molar-refractivity contribution in [2.24, 2.45) is 0 Å². The second kappa shape index (κ2) is 4.33. The lowest BCUT2D eigenvalue weighted by atomic mass is 10.2. The van der Waals surface area contributed by atoms with E-state index in [0.29, 0.717) is 11.4 Å². The minimum atomic E-state index is 0.569. The first kappa shape index (κ1) is 10.7. The van der Waals surface area contributed by atoms with Crippen molar-refractivity contribution in [1.29, 1.82) is 5.26 Å². The zero-order valence-electron chi connectivity index (χ0n) is 9.11. The Kier molecular flexibility index (Phi) is 2.88. The number of hydrogen-bond donors (Lipinski definition) is 1. The number of aromatic nitrogens is 1. The van der Waals surface area contributed by atoms with Crippen molar-refractivity contribution in [3.8, 4) is 16.6 Å². The number of nitriles is 1. The molecule has 16 heavy (non-hydrogen) atoms. The van der Waals surface area contributed by atoms with Crippen molar-refractivity contribution in [3.63, 3.8) is 0 Å². The second-order valence-corrected chi connectivity index (χ2v) is 4.65. The molecular formula is C12H11N3S. The number of aryl methyl sites for hydroxylation is 1. The number of anilines is 1. The highest BCUT2D eigenvalue weighted by Crippen LogP contribution is 2.27. The molecule has 2 aromatic rings. The minimum absolute atomic E-state index is 0.569. The summed E-state index contributed by atoms with van der Waals surface area (Å²) in [5.74, 6) is 0.631. The van der Waals surface area contributed by atoms with E-state index < -0.39 is 0 Å². The molecule has 0 saturated heterocycles. The number of nitrogens with one attached hydrogen (secondary N) is 1. The Balaban J connectivity index is 2.48. The molecule has 0 aliphatic heterocycles. The Labute approximate surface area is 98.4 Å². The molecule has 80 valence electrons. The molecule has 1 N–H and O–H groups in total. The fraction of sp³-hybridized carbons (Fsp3) is 0.167. The largest absolute Gasteiger partial charge is 0.372 e. The molecule has 0 fully saturated rings. The van der Waals surface area contributed by atoms with Crippen LogP contribution in [0.5, 0.6) is 0 Å². The molecule has 0 unspecified atom stereocenters. The van der Waals surface area contributed by atoms with E-state index in [0.717, 1.165) is 10.6 Å². The molecule has 2 aromatic heterocycles. The van der Waals surface area contributed by atoms with Crippen LogP contribution in [0.25, 0.3) is 10.6 Å². The number of pyridine rings is 1. The Bertz CT molecular complexity index is 552. The van der Waals surface area contributed by atoms with Crippen molar-refractivity contribution in [1.82, 2.24) is 4.98 Å². The van der Waals surface area contributed by atoms with Crippen molar-refractivity contribution in [2.75, 3.05) is 12.4 Å². The van der Waals surface area contributed by atoms with Gasteiger partial charge in [-0.3, -0.25) is 0 Å². The monoisotopic (exact) mass is 229 g/mol. The standard InChI is InChI=1S/C12H11N3S/c1-8-3-6-11(16-8)10-5-4-9(7-13)12(14-2)15-10/h3-6H,1-2H3,(H,14,15). The highest BCUT2D eigenvalue weighted by atomic mass is 32.1. The van der Waals surface area contributed by atoms with Crippen molar-refractivity contribution >= 4 is 17.2 Å². The summed E-state index contributed by atoms with van der Waals surface area (Å²) in [6.07, 6.45) is 0. The molecule has 2 rings (SSSR count). The van der Waals surface area contributed by atoms with Crippen LogP contribution in [0.15, 0.2) is 24.3 Å². The highest BCUT2D eigenvalue weighted by molar-refractivity contribution is 7.15. The van der Waals surface area contributed by atoms with Crippen LogP contribution in [0.3, 0.4) is 0 Å². The first-order chi connectivity index (χ1) is 7.74. The molecule has 0 radical (unpaired) electrons. The molecule has 0 saturated carbocycles. The molecule has 0 amide bonds. The summed E-state index contributed by atoms with van der Waals surface area (Å²) in [6, 6.07) is 9.90. The number of nitrogens with zero attached hydrogens (tertiary/aromatic N) is 2. The lowest BCUT2D eigenvalue weighted by Gasteiger charge is -2.03. The SMILES string of the molecule is CNc1nc(-c2ccc(C)s2)ccc1C#N. The topological polar surface area (TPSA) is 48.7 Å². The summed E-state index contributed by atoms with van der Waals surface area (Å²) in [7, 11) is 1.77. The molecule has 0 aliphatic carbocycles. The van der Waals surface area contributed by atoms with E-state index in [9.17, 15) is 0 Å². The number of rotatable bonds is 2. The van der Waals surface area contributed by atoms with E-state index in [4.69, 9.17) is 5.26 Å². The predicted molar refractivity (Wildman–Crippen MR) is 66.5 cm³/mol. The van der Waals surface area contributed by atoms with Crippen molar-refractivity contribution in [3.05, 3.63) is 34.7 Å². The zero-order chi connectivity index (χ0) is 11.5. The first-order valence-corrected chi connectivity index (χ1v) is 5.72. The van der Waals surface area contributed by atoms with Crippen LogP contribution in [-0.2, 0) is 0 Å². The summed E-state index contributed by atoms with van der Waals surface area (Å²) in [5.41, 5.74) is 1.47. The zero-order valence-corrected chi connectivity index (χ0v) is 9.93. The van der Waals surface area contributed by atoms with Gasteiger partial charge in [-0.15, -0.1) is 11.3 Å². The first-order valence-electron chi connectivity index (χ1n) is 4.90. The van der Waals surface area contributed by atoms with Gasteiger partial charge in [0.15, 0.2) is 0 Å². The third-order valence-electron chi connectivity index (χ3n) is 2.25. The van der Waals surface area contributed by atoms with E-state index in [2.05, 4.69) is 29.4 Å². The van der Waals surface area contributed by atoms with E-state index in [1.807, 2.05) is 12.1 Å². The van der Waals surface area contributed by atoms with Crippen LogP contribution in [0.2, 0.25) is 0 Å². The molecule has 0 aromatic carbocycles. The maximum Gasteiger partial charge on any atom is 0.144 e. The van der Waals surface area contributed by atoms with Gasteiger partial charge in [-0.25, -0.2) is 4.98 Å². The highest BCUT2D eigenvalue weighted by Gasteiger charge is 2.06. The number of thiophene rings is 1. The molecule has 3 nitrogen and oxygen atoms in total. The van der Waals surface area contributed by atoms with E-state index in [1.54, 1.807) is 24.5 Å². The summed E-state index contributed by atoms with van der Waals surface area (Å²) >= 11 is 1.70. The van der Waals surface area contributed by atoms with Gasteiger partial charge in [-0.1, -0.05) is 0 Å². The average Bonchev–Trinajstić information content (AvgIpc) is 2.75. The van der Waals surface area contributed by atoms with Crippen LogP contribution < -0.4 is 5.32 Å². The number of hydrogen-bond acceptors (Lipinski definition) is 4. The third kappa shape index (κ3) is 1.90. The van der Waals surface area contributed by atoms with Crippen molar-refractivity contribution < 1.29 is 0 Å². The van der Waals surface area contributed by atoms with Crippen LogP contribution in [-0.4, -0.2) is 12.0 Å². The van der Waals surface area contributed by atoms with Crippen LogP contribution in [0.4, 0.5) is 5.82 Å². The van der Waals surface area contributed by atoms with Gasteiger partial charge in [0.05, 0.1) is 16.1 Å². The van der Waals surface area contributed by atoms with Gasteiger partial charge in [0, 0.05) is 11.9 Å². The Morgan fingerprint density at radius 2 is 2.12 bits per heavy atom. The molecular weight excluding hydrogens is 218 g/mol. The van der Waals surface area contributed by atoms with E-state index >= 15 is 0 Å². The summed E-state index contributed by atoms with van der Waals surface area (Å²) in [6.45, 7) is 2.07. The average molecular weight is 229 g/mol. The van der Waals surface area contributed by atoms with Gasteiger partial charge >= 0.3 is 0 Å². The van der Waals surface area contributed by atoms with E-state index in [-0.39, 0.29) is 0 Å². The lowest BCUT2D eigenvalue weighted by molar-refractivity contribution is 1.27. The summed E-state index contributed by atoms with van der Waals surface area (Å²) < 4.78 is 0. The maximum absolute atomic E-state index is 8.89. The molecule has 0 bridgehead atoms. The maximum atomic E-state index is 8.89. The van der Waals surface area contributed by atoms with Gasteiger partial charge in [0.2, 0.25) is 0 Å².